The van der Waals surface area contributed by atoms with Crippen LogP contribution in [-0.4, -0.2) is 82.5 Å². The Labute approximate surface area is 216 Å². The van der Waals surface area contributed by atoms with E-state index in [1.807, 2.05) is 0 Å². The van der Waals surface area contributed by atoms with Gasteiger partial charge in [0.15, 0.2) is 0 Å². The van der Waals surface area contributed by atoms with E-state index in [-0.39, 0.29) is 11.9 Å². The zero-order valence-electron chi connectivity index (χ0n) is 21.5. The van der Waals surface area contributed by atoms with Gasteiger partial charge in [-0.3, -0.25) is 9.69 Å². The lowest BCUT2D eigenvalue weighted by molar-refractivity contribution is -0.126. The molecule has 1 aromatic heterocycles. The fraction of sp³-hybridized carbons (Fsp3) is 0.519. The molecular formula is C27H34F2N6O2. The van der Waals surface area contributed by atoms with Gasteiger partial charge in [0.1, 0.15) is 24.1 Å². The first-order valence-corrected chi connectivity index (χ1v) is 12.9. The second-order valence-electron chi connectivity index (χ2n) is 10.3. The molecule has 198 valence electrons. The fourth-order valence-corrected chi connectivity index (χ4v) is 5.62. The number of amides is 1. The van der Waals surface area contributed by atoms with Crippen LogP contribution in [0.4, 0.5) is 14.6 Å². The van der Waals surface area contributed by atoms with Crippen LogP contribution in [-0.2, 0) is 24.4 Å². The predicted molar refractivity (Wildman–Crippen MR) is 136 cm³/mol. The molecule has 0 bridgehead atoms. The number of likely N-dealkylation sites (tertiary alicyclic amines) is 1. The largest absolute Gasteiger partial charge is 0.462 e. The van der Waals surface area contributed by atoms with E-state index in [1.54, 1.807) is 4.90 Å². The average Bonchev–Trinajstić information content (AvgIpc) is 3.46. The Morgan fingerprint density at radius 2 is 1.95 bits per heavy atom. The zero-order chi connectivity index (χ0) is 26.1. The summed E-state index contributed by atoms with van der Waals surface area (Å²) in [6.45, 7) is 10.5. The Bertz CT molecular complexity index is 1160. The van der Waals surface area contributed by atoms with E-state index in [1.165, 1.54) is 18.2 Å². The van der Waals surface area contributed by atoms with Crippen molar-refractivity contribution in [1.82, 2.24) is 24.7 Å². The van der Waals surface area contributed by atoms with Crippen molar-refractivity contribution >= 4 is 11.7 Å². The smallest absolute Gasteiger partial charge is 0.318 e. The Kier molecular flexibility index (Phi) is 7.39. The molecule has 5 rings (SSSR count). The number of benzene rings is 1. The molecule has 8 nitrogen and oxygen atoms in total. The summed E-state index contributed by atoms with van der Waals surface area (Å²) in [5.74, 6) is -0.426. The molecule has 0 aliphatic carbocycles. The molecule has 1 aromatic carbocycles. The molecule has 0 saturated carbocycles. The maximum Gasteiger partial charge on any atom is 0.318 e. The van der Waals surface area contributed by atoms with Crippen LogP contribution in [0.25, 0.3) is 0 Å². The number of nitrogens with zero attached hydrogens (tertiary/aromatic N) is 6. The normalized spacial score (nSPS) is 22.4. The number of hydrogen-bond donors (Lipinski definition) is 0. The van der Waals surface area contributed by atoms with Crippen molar-refractivity contribution in [2.75, 3.05) is 44.7 Å². The first-order valence-electron chi connectivity index (χ1n) is 12.9. The number of aromatic nitrogens is 2. The number of halogens is 2. The first-order chi connectivity index (χ1) is 17.8. The van der Waals surface area contributed by atoms with Crippen molar-refractivity contribution in [3.63, 3.8) is 0 Å². The second-order valence-corrected chi connectivity index (χ2v) is 10.3. The number of fused-ring (bicyclic) bond motifs is 1. The Balaban J connectivity index is 1.39. The van der Waals surface area contributed by atoms with Crippen LogP contribution in [0, 0.1) is 11.6 Å². The van der Waals surface area contributed by atoms with Crippen molar-refractivity contribution in [3.8, 4) is 6.01 Å². The van der Waals surface area contributed by atoms with Crippen molar-refractivity contribution in [3.05, 3.63) is 59.3 Å². The van der Waals surface area contributed by atoms with Crippen LogP contribution in [0.3, 0.4) is 0 Å². The standard InChI is InChI=1S/C27H34F2N6O2/c1-4-25(36)34-8-9-35(18(2)13-34)26-23-15-33(14-19-10-20(28)12-21(29)11-19)16-24(23)30-27(31-26)37-17-22-6-5-7-32(22)3/h4,10-12,18,22H,1,5-9,13-17H2,2-3H3/t18-,22-/m0/s1. The summed E-state index contributed by atoms with van der Waals surface area (Å²) in [5.41, 5.74) is 2.44. The summed E-state index contributed by atoms with van der Waals surface area (Å²) in [6, 6.07) is 4.34. The molecule has 2 saturated heterocycles. The van der Waals surface area contributed by atoms with Gasteiger partial charge in [0.2, 0.25) is 5.91 Å². The second kappa shape index (κ2) is 10.7. The van der Waals surface area contributed by atoms with Crippen LogP contribution >= 0.6 is 0 Å². The molecule has 3 aliphatic heterocycles. The minimum Gasteiger partial charge on any atom is -0.462 e. The predicted octanol–water partition coefficient (Wildman–Crippen LogP) is 2.97. The third-order valence-electron chi connectivity index (χ3n) is 7.60. The molecular weight excluding hydrogens is 478 g/mol. The number of hydrogen-bond acceptors (Lipinski definition) is 7. The molecule has 10 heteroatoms. The number of piperazine rings is 1. The molecule has 2 atom stereocenters. The van der Waals surface area contributed by atoms with Crippen LogP contribution in [0.15, 0.2) is 30.9 Å². The van der Waals surface area contributed by atoms with Gasteiger partial charge in [0, 0.05) is 63.0 Å². The van der Waals surface area contributed by atoms with Crippen LogP contribution < -0.4 is 9.64 Å². The summed E-state index contributed by atoms with van der Waals surface area (Å²) in [6.07, 6.45) is 3.59. The molecule has 1 amide bonds. The van der Waals surface area contributed by atoms with E-state index >= 15 is 0 Å². The van der Waals surface area contributed by atoms with E-state index in [9.17, 15) is 13.6 Å². The number of anilines is 1. The SMILES string of the molecule is C=CC(=O)N1CCN(c2nc(OC[C@@H]3CCCN3C)nc3c2CN(Cc2cc(F)cc(F)c2)C3)[C@@H](C)C1. The first kappa shape index (κ1) is 25.5. The van der Waals surface area contributed by atoms with E-state index < -0.39 is 11.6 Å². The molecule has 37 heavy (non-hydrogen) atoms. The van der Waals surface area contributed by atoms with Gasteiger partial charge in [0.05, 0.1) is 5.69 Å². The monoisotopic (exact) mass is 512 g/mol. The minimum absolute atomic E-state index is 0.0387. The molecule has 0 spiro atoms. The topological polar surface area (TPSA) is 65.0 Å². The molecule has 2 aromatic rings. The van der Waals surface area contributed by atoms with Gasteiger partial charge < -0.3 is 19.4 Å². The van der Waals surface area contributed by atoms with Crippen LogP contribution in [0.1, 0.15) is 36.6 Å². The third kappa shape index (κ3) is 5.60. The molecule has 0 unspecified atom stereocenters. The highest BCUT2D eigenvalue weighted by Gasteiger charge is 2.33. The van der Waals surface area contributed by atoms with E-state index in [0.717, 1.165) is 42.5 Å². The Morgan fingerprint density at radius 1 is 1.16 bits per heavy atom. The summed E-state index contributed by atoms with van der Waals surface area (Å²) in [4.78, 5) is 30.2. The zero-order valence-corrected chi connectivity index (χ0v) is 21.5. The highest BCUT2D eigenvalue weighted by molar-refractivity contribution is 5.87. The fourth-order valence-electron chi connectivity index (χ4n) is 5.62. The maximum atomic E-state index is 13.8. The van der Waals surface area contributed by atoms with Gasteiger partial charge in [-0.15, -0.1) is 0 Å². The van der Waals surface area contributed by atoms with Gasteiger partial charge >= 0.3 is 6.01 Å². The van der Waals surface area contributed by atoms with Gasteiger partial charge in [-0.2, -0.15) is 9.97 Å². The van der Waals surface area contributed by atoms with Gasteiger partial charge in [0.25, 0.3) is 0 Å². The van der Waals surface area contributed by atoms with Crippen LogP contribution in [0.2, 0.25) is 0 Å². The lowest BCUT2D eigenvalue weighted by Gasteiger charge is -2.40. The lowest BCUT2D eigenvalue weighted by atomic mass is 10.1. The summed E-state index contributed by atoms with van der Waals surface area (Å²) in [5, 5.41) is 0. The van der Waals surface area contributed by atoms with Gasteiger partial charge in [-0.25, -0.2) is 8.78 Å². The van der Waals surface area contributed by atoms with E-state index in [0.29, 0.717) is 63.5 Å². The quantitative estimate of drug-likeness (QED) is 0.529. The third-order valence-corrected chi connectivity index (χ3v) is 7.60. The maximum absolute atomic E-state index is 13.8. The average molecular weight is 513 g/mol. The molecule has 0 N–H and O–H groups in total. The highest BCUT2D eigenvalue weighted by Crippen LogP contribution is 2.34. The summed E-state index contributed by atoms with van der Waals surface area (Å²) >= 11 is 0. The number of ether oxygens (including phenoxy) is 1. The number of likely N-dealkylation sites (N-methyl/N-ethyl adjacent to an activating group) is 1. The molecule has 2 fully saturated rings. The Morgan fingerprint density at radius 3 is 2.62 bits per heavy atom. The molecule has 4 heterocycles. The van der Waals surface area contributed by atoms with E-state index in [4.69, 9.17) is 14.7 Å². The van der Waals surface area contributed by atoms with Gasteiger partial charge in [-0.1, -0.05) is 6.58 Å². The number of carbonyl (C=O) groups excluding carboxylic acids is 1. The lowest BCUT2D eigenvalue weighted by Crippen LogP contribution is -2.54. The van der Waals surface area contributed by atoms with Gasteiger partial charge in [-0.05, 0) is 57.1 Å². The molecule has 0 radical (unpaired) electrons. The van der Waals surface area contributed by atoms with E-state index in [2.05, 4.69) is 35.3 Å². The van der Waals surface area contributed by atoms with Crippen LogP contribution in [0.5, 0.6) is 6.01 Å². The summed E-state index contributed by atoms with van der Waals surface area (Å²) in [7, 11) is 2.11. The molecule has 3 aliphatic rings. The highest BCUT2D eigenvalue weighted by atomic mass is 19.1. The van der Waals surface area contributed by atoms with Crippen molar-refractivity contribution in [2.24, 2.45) is 0 Å². The van der Waals surface area contributed by atoms with Crippen molar-refractivity contribution < 1.29 is 18.3 Å². The Hall–Kier alpha value is -3.11. The van der Waals surface area contributed by atoms with Crippen molar-refractivity contribution in [2.45, 2.75) is 51.5 Å². The summed E-state index contributed by atoms with van der Waals surface area (Å²) < 4.78 is 33.7. The minimum atomic E-state index is -0.583. The van der Waals surface area contributed by atoms with Crippen molar-refractivity contribution in [1.29, 1.82) is 0 Å². The number of carbonyl (C=O) groups is 1. The number of rotatable bonds is 7.